The summed E-state index contributed by atoms with van der Waals surface area (Å²) < 4.78 is 17.5. The molecule has 10 heteroatoms. The number of halogens is 1. The molecule has 9 nitrogen and oxygen atoms in total. The Kier molecular flexibility index (Phi) is 5.73. The van der Waals surface area contributed by atoms with Crippen LogP contribution in [0.4, 0.5) is 10.2 Å². The lowest BCUT2D eigenvalue weighted by atomic mass is 9.88. The largest absolute Gasteiger partial charge is 0.372 e. The van der Waals surface area contributed by atoms with E-state index in [9.17, 15) is 4.39 Å². The quantitative estimate of drug-likeness (QED) is 0.377. The molecule has 5 heterocycles. The van der Waals surface area contributed by atoms with E-state index in [0.717, 1.165) is 77.8 Å². The first kappa shape index (κ1) is 22.4. The van der Waals surface area contributed by atoms with Crippen molar-refractivity contribution in [1.29, 1.82) is 0 Å². The molecule has 2 N–H and O–H groups in total. The normalized spacial score (nSPS) is 15.1. The van der Waals surface area contributed by atoms with Crippen molar-refractivity contribution in [2.75, 3.05) is 25.5 Å². The molecule has 1 aliphatic heterocycles. The van der Waals surface area contributed by atoms with E-state index in [1.54, 1.807) is 22.8 Å². The molecular weight excluding hydrogens is 457 g/mol. The van der Waals surface area contributed by atoms with Gasteiger partial charge in [-0.05, 0) is 68.4 Å². The van der Waals surface area contributed by atoms with E-state index in [1.807, 2.05) is 43.2 Å². The third kappa shape index (κ3) is 4.13. The van der Waals surface area contributed by atoms with Crippen molar-refractivity contribution in [2.45, 2.75) is 25.3 Å². The highest BCUT2D eigenvalue weighted by Gasteiger charge is 2.30. The minimum absolute atomic E-state index is 0.265. The van der Waals surface area contributed by atoms with E-state index >= 15 is 0 Å². The van der Waals surface area contributed by atoms with Crippen LogP contribution in [0.25, 0.3) is 28.2 Å². The number of fused-ring (bicyclic) bond motifs is 1. The maximum atomic E-state index is 13.7. The van der Waals surface area contributed by atoms with Crippen LogP contribution in [0.1, 0.15) is 30.1 Å². The number of nitrogens with zero attached hydrogens (tertiary/aromatic N) is 7. The number of aryl methyl sites for hydroxylation is 1. The van der Waals surface area contributed by atoms with Crippen molar-refractivity contribution in [3.05, 3.63) is 72.1 Å². The maximum absolute atomic E-state index is 13.7. The zero-order valence-electron chi connectivity index (χ0n) is 20.3. The number of hydrogen-bond donors (Lipinski definition) is 2. The van der Waals surface area contributed by atoms with Gasteiger partial charge < -0.3 is 5.32 Å². The van der Waals surface area contributed by atoms with Gasteiger partial charge in [0.1, 0.15) is 17.3 Å². The van der Waals surface area contributed by atoms with Gasteiger partial charge >= 0.3 is 0 Å². The number of nitrogens with one attached hydrogen (secondary N) is 2. The molecule has 0 saturated carbocycles. The van der Waals surface area contributed by atoms with Crippen LogP contribution in [-0.2, 0) is 13.6 Å². The number of piperidine rings is 1. The smallest absolute Gasteiger partial charge is 0.156 e. The van der Waals surface area contributed by atoms with Crippen LogP contribution in [0, 0.1) is 5.82 Å². The summed E-state index contributed by atoms with van der Waals surface area (Å²) in [5, 5.41) is 20.0. The van der Waals surface area contributed by atoms with Crippen molar-refractivity contribution in [3.8, 4) is 22.5 Å². The number of anilines is 1. The molecular formula is C26H28FN9. The van der Waals surface area contributed by atoms with Gasteiger partial charge in [0.15, 0.2) is 5.65 Å². The van der Waals surface area contributed by atoms with E-state index in [0.29, 0.717) is 5.92 Å². The second-order valence-corrected chi connectivity index (χ2v) is 9.27. The molecule has 6 rings (SSSR count). The Hall–Kier alpha value is -4.05. The van der Waals surface area contributed by atoms with Gasteiger partial charge in [0.05, 0.1) is 23.1 Å². The number of imidazole rings is 1. The number of rotatable bonds is 6. The van der Waals surface area contributed by atoms with Crippen LogP contribution >= 0.6 is 0 Å². The summed E-state index contributed by atoms with van der Waals surface area (Å²) >= 11 is 0. The SMILES string of the molecule is CNc1cn2nc(-c3c(-c4ccc(F)cc4)nn(C)c3C3CCN(Cc4ccn[nH]4)CC3)ccc2n1. The fraction of sp³-hybridized carbons (Fsp3) is 0.308. The summed E-state index contributed by atoms with van der Waals surface area (Å²) in [5.74, 6) is 0.825. The summed E-state index contributed by atoms with van der Waals surface area (Å²) in [5.41, 5.74) is 6.57. The topological polar surface area (TPSA) is 92.0 Å². The molecule has 0 radical (unpaired) electrons. The Bertz CT molecular complexity index is 1480. The third-order valence-electron chi connectivity index (χ3n) is 6.97. The minimum atomic E-state index is -0.265. The monoisotopic (exact) mass is 485 g/mol. The predicted molar refractivity (Wildman–Crippen MR) is 136 cm³/mol. The molecule has 1 saturated heterocycles. The van der Waals surface area contributed by atoms with Gasteiger partial charge in [0.25, 0.3) is 0 Å². The Labute approximate surface area is 208 Å². The van der Waals surface area contributed by atoms with Gasteiger partial charge in [-0.3, -0.25) is 14.7 Å². The molecule has 4 aromatic heterocycles. The molecule has 1 fully saturated rings. The zero-order chi connectivity index (χ0) is 24.6. The van der Waals surface area contributed by atoms with Crippen molar-refractivity contribution < 1.29 is 4.39 Å². The van der Waals surface area contributed by atoms with Gasteiger partial charge in [-0.15, -0.1) is 0 Å². The molecule has 1 aromatic carbocycles. The van der Waals surface area contributed by atoms with E-state index < -0.39 is 0 Å². The Morgan fingerprint density at radius 2 is 1.86 bits per heavy atom. The number of H-pyrrole nitrogens is 1. The van der Waals surface area contributed by atoms with Gasteiger partial charge in [-0.1, -0.05) is 0 Å². The van der Waals surface area contributed by atoms with Crippen molar-refractivity contribution in [3.63, 3.8) is 0 Å². The molecule has 0 unspecified atom stereocenters. The van der Waals surface area contributed by atoms with Gasteiger partial charge in [-0.25, -0.2) is 13.9 Å². The van der Waals surface area contributed by atoms with Gasteiger partial charge in [-0.2, -0.15) is 15.3 Å². The molecule has 0 aliphatic carbocycles. The average Bonchev–Trinajstić information content (AvgIpc) is 3.63. The summed E-state index contributed by atoms with van der Waals surface area (Å²) in [7, 11) is 3.84. The maximum Gasteiger partial charge on any atom is 0.156 e. The summed E-state index contributed by atoms with van der Waals surface area (Å²) in [4.78, 5) is 6.98. The summed E-state index contributed by atoms with van der Waals surface area (Å²) in [6.45, 7) is 2.85. The molecule has 0 bridgehead atoms. The summed E-state index contributed by atoms with van der Waals surface area (Å²) in [6, 6.07) is 12.5. The third-order valence-corrected chi connectivity index (χ3v) is 6.97. The predicted octanol–water partition coefficient (Wildman–Crippen LogP) is 4.08. The lowest BCUT2D eigenvalue weighted by Gasteiger charge is -2.32. The second-order valence-electron chi connectivity index (χ2n) is 9.27. The molecule has 5 aromatic rings. The minimum Gasteiger partial charge on any atom is -0.372 e. The number of likely N-dealkylation sites (tertiary alicyclic amines) is 1. The van der Waals surface area contributed by atoms with Crippen molar-refractivity contribution in [2.24, 2.45) is 7.05 Å². The molecule has 0 amide bonds. The van der Waals surface area contributed by atoms with Crippen LogP contribution < -0.4 is 5.32 Å². The first-order chi connectivity index (χ1) is 17.6. The van der Waals surface area contributed by atoms with E-state index in [1.165, 1.54) is 12.1 Å². The first-order valence-corrected chi connectivity index (χ1v) is 12.2. The fourth-order valence-electron chi connectivity index (χ4n) is 5.18. The van der Waals surface area contributed by atoms with Gasteiger partial charge in [0, 0.05) is 44.0 Å². The van der Waals surface area contributed by atoms with Crippen molar-refractivity contribution in [1.82, 2.24) is 39.5 Å². The van der Waals surface area contributed by atoms with Crippen LogP contribution in [-0.4, -0.2) is 59.6 Å². The van der Waals surface area contributed by atoms with Gasteiger partial charge in [0.2, 0.25) is 0 Å². The number of hydrogen-bond acceptors (Lipinski definition) is 6. The van der Waals surface area contributed by atoms with Crippen molar-refractivity contribution >= 4 is 11.5 Å². The lowest BCUT2D eigenvalue weighted by Crippen LogP contribution is -2.33. The van der Waals surface area contributed by atoms with E-state index in [2.05, 4.69) is 25.4 Å². The molecule has 1 aliphatic rings. The van der Waals surface area contributed by atoms with E-state index in [-0.39, 0.29) is 5.82 Å². The number of aromatic amines is 1. The molecule has 0 atom stereocenters. The molecule has 184 valence electrons. The van der Waals surface area contributed by atoms with Crippen LogP contribution in [0.3, 0.4) is 0 Å². The van der Waals surface area contributed by atoms with Crippen LogP contribution in [0.15, 0.2) is 54.9 Å². The Balaban J connectivity index is 1.39. The highest BCUT2D eigenvalue weighted by atomic mass is 19.1. The Morgan fingerprint density at radius 3 is 2.58 bits per heavy atom. The lowest BCUT2D eigenvalue weighted by molar-refractivity contribution is 0.199. The zero-order valence-corrected chi connectivity index (χ0v) is 20.3. The first-order valence-electron chi connectivity index (χ1n) is 12.2. The second kappa shape index (κ2) is 9.19. The Morgan fingerprint density at radius 1 is 1.06 bits per heavy atom. The molecule has 0 spiro atoms. The standard InChI is InChI=1S/C26H28FN9/c1-28-22-16-36-23(30-22)8-7-21(32-36)24-25(17-3-5-19(27)6-4-17)33-34(2)26(24)18-10-13-35(14-11-18)15-20-9-12-29-31-20/h3-9,12,16,18,28H,10-11,13-15H2,1-2H3,(H,29,31). The molecule has 36 heavy (non-hydrogen) atoms. The van der Waals surface area contributed by atoms with Crippen LogP contribution in [0.5, 0.6) is 0 Å². The number of benzene rings is 1. The summed E-state index contributed by atoms with van der Waals surface area (Å²) in [6.07, 6.45) is 5.70. The highest BCUT2D eigenvalue weighted by molar-refractivity contribution is 5.81. The fourth-order valence-corrected chi connectivity index (χ4v) is 5.18. The van der Waals surface area contributed by atoms with Crippen LogP contribution in [0.2, 0.25) is 0 Å². The highest BCUT2D eigenvalue weighted by Crippen LogP contribution is 2.40. The van der Waals surface area contributed by atoms with E-state index in [4.69, 9.17) is 10.2 Å². The average molecular weight is 486 g/mol. The number of aromatic nitrogens is 7.